The molecule has 1 saturated carbocycles. The second-order valence-electron chi connectivity index (χ2n) is 8.22. The Labute approximate surface area is 197 Å². The molecule has 0 saturated heterocycles. The molecular weight excluding hydrogens is 416 g/mol. The van der Waals surface area contributed by atoms with Crippen LogP contribution >= 0.6 is 12.4 Å². The number of azo groups is 1. The first kappa shape index (κ1) is 24.0. The summed E-state index contributed by atoms with van der Waals surface area (Å²) >= 11 is 0. The monoisotopic (exact) mass is 448 g/mol. The average Bonchev–Trinajstić information content (AvgIpc) is 2.84. The molecule has 0 atom stereocenters. The van der Waals surface area contributed by atoms with Gasteiger partial charge in [0.05, 0.1) is 11.4 Å². The fourth-order valence-electron chi connectivity index (χ4n) is 4.50. The van der Waals surface area contributed by atoms with Gasteiger partial charge in [-0.3, -0.25) is 4.90 Å². The van der Waals surface area contributed by atoms with Crippen LogP contribution in [0.25, 0.3) is 10.8 Å². The minimum absolute atomic E-state index is 0. The largest absolute Gasteiger partial charge is 0.383 e. The van der Waals surface area contributed by atoms with E-state index in [4.69, 9.17) is 0 Å². The highest BCUT2D eigenvalue weighted by molar-refractivity contribution is 6.00. The number of rotatable bonds is 9. The van der Waals surface area contributed by atoms with Crippen LogP contribution in [0.3, 0.4) is 0 Å². The number of fused-ring (bicyclic) bond motifs is 1. The molecule has 4 rings (SSSR count). The van der Waals surface area contributed by atoms with Crippen molar-refractivity contribution in [2.75, 3.05) is 25.0 Å². The summed E-state index contributed by atoms with van der Waals surface area (Å²) in [4.78, 5) is 2.59. The topological polar surface area (TPSA) is 40.0 Å². The predicted octanol–water partition coefficient (Wildman–Crippen LogP) is 7.91. The average molecular weight is 449 g/mol. The molecule has 1 aliphatic rings. The lowest BCUT2D eigenvalue weighted by molar-refractivity contribution is 0.178. The van der Waals surface area contributed by atoms with Gasteiger partial charge in [0.1, 0.15) is 0 Å². The molecule has 0 aliphatic heterocycles. The predicted molar refractivity (Wildman–Crippen MR) is 139 cm³/mol. The lowest BCUT2D eigenvalue weighted by atomic mass is 9.94. The van der Waals surface area contributed by atoms with E-state index in [2.05, 4.69) is 63.4 Å². The lowest BCUT2D eigenvalue weighted by Gasteiger charge is -2.33. The van der Waals surface area contributed by atoms with E-state index in [0.717, 1.165) is 42.1 Å². The number of hydrogen-bond donors (Lipinski definition) is 1. The third kappa shape index (κ3) is 6.18. The fraction of sp³-hybridized carbons (Fsp3) is 0.333. The summed E-state index contributed by atoms with van der Waals surface area (Å²) in [6.07, 6.45) is 8.77. The summed E-state index contributed by atoms with van der Waals surface area (Å²) in [5.74, 6) is 0. The Balaban J connectivity index is 0.00000289. The van der Waals surface area contributed by atoms with Crippen LogP contribution < -0.4 is 5.32 Å². The number of halogens is 1. The van der Waals surface area contributed by atoms with Gasteiger partial charge in [-0.05, 0) is 37.1 Å². The van der Waals surface area contributed by atoms with Crippen molar-refractivity contribution >= 4 is 40.2 Å². The Morgan fingerprint density at radius 1 is 0.875 bits per heavy atom. The molecular formula is C27H33ClN4. The van der Waals surface area contributed by atoms with Crippen molar-refractivity contribution in [1.82, 2.24) is 4.90 Å². The molecule has 1 aliphatic carbocycles. The van der Waals surface area contributed by atoms with Gasteiger partial charge in [0, 0.05) is 42.1 Å². The van der Waals surface area contributed by atoms with Crippen molar-refractivity contribution in [2.45, 2.75) is 38.1 Å². The summed E-state index contributed by atoms with van der Waals surface area (Å²) in [5.41, 5.74) is 2.90. The van der Waals surface area contributed by atoms with Gasteiger partial charge in [-0.15, -0.1) is 24.1 Å². The van der Waals surface area contributed by atoms with Gasteiger partial charge in [0.15, 0.2) is 0 Å². The summed E-state index contributed by atoms with van der Waals surface area (Å²) in [7, 11) is 0. The molecule has 0 spiro atoms. The molecule has 0 unspecified atom stereocenters. The molecule has 5 heteroatoms. The highest BCUT2D eigenvalue weighted by atomic mass is 35.5. The van der Waals surface area contributed by atoms with E-state index in [1.165, 1.54) is 37.5 Å². The Kier molecular flexibility index (Phi) is 9.27. The van der Waals surface area contributed by atoms with Crippen LogP contribution in [0.5, 0.6) is 0 Å². The van der Waals surface area contributed by atoms with Crippen LogP contribution in [0.2, 0.25) is 0 Å². The zero-order chi connectivity index (χ0) is 21.3. The Hall–Kier alpha value is -2.69. The maximum absolute atomic E-state index is 4.52. The van der Waals surface area contributed by atoms with Crippen molar-refractivity contribution in [3.05, 3.63) is 79.4 Å². The zero-order valence-electron chi connectivity index (χ0n) is 18.6. The molecule has 1 fully saturated rings. The highest BCUT2D eigenvalue weighted by Crippen LogP contribution is 2.33. The van der Waals surface area contributed by atoms with Crippen LogP contribution in [0, 0.1) is 0 Å². The van der Waals surface area contributed by atoms with E-state index in [-0.39, 0.29) is 12.4 Å². The molecule has 0 heterocycles. The Morgan fingerprint density at radius 3 is 2.34 bits per heavy atom. The standard InChI is InChI=1S/C27H32N4.ClH/c1-2-20-31(23-13-7-4-8-14-23)21-19-28-26-17-18-27(25-16-10-9-15-24(25)26)30-29-22-11-5-3-6-12-22;/h2-3,5-6,9-12,15-18,23,28H,1,4,7-8,13-14,19-21H2;1H. The Bertz CT molecular complexity index is 1010. The van der Waals surface area contributed by atoms with Gasteiger partial charge < -0.3 is 5.32 Å². The van der Waals surface area contributed by atoms with Gasteiger partial charge in [0.2, 0.25) is 0 Å². The number of nitrogens with zero attached hydrogens (tertiary/aromatic N) is 3. The van der Waals surface area contributed by atoms with Crippen LogP contribution in [0.15, 0.2) is 89.6 Å². The first-order valence-electron chi connectivity index (χ1n) is 11.4. The van der Waals surface area contributed by atoms with Crippen LogP contribution in [0.1, 0.15) is 32.1 Å². The van der Waals surface area contributed by atoms with Crippen molar-refractivity contribution in [2.24, 2.45) is 10.2 Å². The smallest absolute Gasteiger partial charge is 0.0936 e. The molecule has 4 nitrogen and oxygen atoms in total. The summed E-state index contributed by atoms with van der Waals surface area (Å²) in [6.45, 7) is 6.88. The van der Waals surface area contributed by atoms with E-state index in [9.17, 15) is 0 Å². The van der Waals surface area contributed by atoms with Gasteiger partial charge in [-0.25, -0.2) is 0 Å². The fourth-order valence-corrected chi connectivity index (χ4v) is 4.50. The van der Waals surface area contributed by atoms with E-state index in [1.807, 2.05) is 36.4 Å². The lowest BCUT2D eigenvalue weighted by Crippen LogP contribution is -2.39. The van der Waals surface area contributed by atoms with E-state index in [1.54, 1.807) is 0 Å². The number of hydrogen-bond acceptors (Lipinski definition) is 4. The number of benzene rings is 3. The van der Waals surface area contributed by atoms with E-state index >= 15 is 0 Å². The molecule has 0 aromatic heterocycles. The molecule has 1 N–H and O–H groups in total. The van der Waals surface area contributed by atoms with Gasteiger partial charge in [-0.2, -0.15) is 5.11 Å². The van der Waals surface area contributed by atoms with Crippen LogP contribution in [0.4, 0.5) is 17.1 Å². The summed E-state index contributed by atoms with van der Waals surface area (Å²) in [6, 6.07) is 23.1. The van der Waals surface area contributed by atoms with Crippen molar-refractivity contribution < 1.29 is 0 Å². The maximum Gasteiger partial charge on any atom is 0.0936 e. The van der Waals surface area contributed by atoms with Gasteiger partial charge >= 0.3 is 0 Å². The summed E-state index contributed by atoms with van der Waals surface area (Å²) in [5, 5.41) is 14.9. The molecule has 0 amide bonds. The Morgan fingerprint density at radius 2 is 1.59 bits per heavy atom. The molecule has 0 bridgehead atoms. The zero-order valence-corrected chi connectivity index (χ0v) is 19.4. The highest BCUT2D eigenvalue weighted by Gasteiger charge is 2.19. The second-order valence-corrected chi connectivity index (χ2v) is 8.22. The minimum atomic E-state index is 0. The molecule has 168 valence electrons. The quantitative estimate of drug-likeness (QED) is 0.267. The van der Waals surface area contributed by atoms with Crippen LogP contribution in [-0.2, 0) is 0 Å². The van der Waals surface area contributed by atoms with Crippen molar-refractivity contribution in [3.63, 3.8) is 0 Å². The molecule has 3 aromatic carbocycles. The second kappa shape index (κ2) is 12.4. The first-order valence-corrected chi connectivity index (χ1v) is 11.4. The molecule has 32 heavy (non-hydrogen) atoms. The van der Waals surface area contributed by atoms with Gasteiger partial charge in [-0.1, -0.05) is 67.8 Å². The van der Waals surface area contributed by atoms with Crippen LogP contribution in [-0.4, -0.2) is 30.6 Å². The minimum Gasteiger partial charge on any atom is -0.383 e. The van der Waals surface area contributed by atoms with E-state index in [0.29, 0.717) is 6.04 Å². The SMILES string of the molecule is C=CCN(CCNc1ccc(N=Nc2ccccc2)c2ccccc12)C1CCCCC1.Cl. The maximum atomic E-state index is 4.52. The number of nitrogens with one attached hydrogen (secondary N) is 1. The third-order valence-electron chi connectivity index (χ3n) is 6.10. The van der Waals surface area contributed by atoms with Crippen molar-refractivity contribution in [1.29, 1.82) is 0 Å². The molecule has 3 aromatic rings. The third-order valence-corrected chi connectivity index (χ3v) is 6.10. The number of anilines is 1. The van der Waals surface area contributed by atoms with Gasteiger partial charge in [0.25, 0.3) is 0 Å². The molecule has 0 radical (unpaired) electrons. The van der Waals surface area contributed by atoms with E-state index < -0.39 is 0 Å². The van der Waals surface area contributed by atoms with Crippen molar-refractivity contribution in [3.8, 4) is 0 Å². The summed E-state index contributed by atoms with van der Waals surface area (Å²) < 4.78 is 0. The normalized spacial score (nSPS) is 14.5. The first-order chi connectivity index (χ1) is 15.3.